The number of Topliss-reactive ketones (excluding diaryl/α,β-unsaturated/α-hetero) is 1. The summed E-state index contributed by atoms with van der Waals surface area (Å²) in [5, 5.41) is 0. The number of benzene rings is 2. The van der Waals surface area contributed by atoms with Crippen molar-refractivity contribution in [3.05, 3.63) is 60.7 Å². The third-order valence-corrected chi connectivity index (χ3v) is 5.22. The number of hydrogen-bond donors (Lipinski definition) is 0. The van der Waals surface area contributed by atoms with E-state index in [0.717, 1.165) is 12.8 Å². The fraction of sp³-hybridized carbons (Fsp3) is 0.480. The summed E-state index contributed by atoms with van der Waals surface area (Å²) in [6.07, 6.45) is 12.0. The van der Waals surface area contributed by atoms with Gasteiger partial charge in [-0.3, -0.25) is 4.79 Å². The Morgan fingerprint density at radius 3 is 1.81 bits per heavy atom. The molecule has 0 aromatic heterocycles. The molecule has 2 aromatic carbocycles. The van der Waals surface area contributed by atoms with Gasteiger partial charge in [0.15, 0.2) is 0 Å². The highest BCUT2D eigenvalue weighted by molar-refractivity contribution is 5.80. The molecule has 0 N–H and O–H groups in total. The number of carbonyl (C=O) groups excluding carboxylic acids is 1. The lowest BCUT2D eigenvalue weighted by molar-refractivity contribution is -0.123. The van der Waals surface area contributed by atoms with Gasteiger partial charge in [-0.05, 0) is 30.4 Å². The van der Waals surface area contributed by atoms with Gasteiger partial charge in [0, 0.05) is 12.3 Å². The van der Waals surface area contributed by atoms with E-state index < -0.39 is 0 Å². The van der Waals surface area contributed by atoms with Crippen LogP contribution in [0.4, 0.5) is 0 Å². The summed E-state index contributed by atoms with van der Waals surface area (Å²) in [4.78, 5) is 11.8. The number of ketones is 1. The van der Waals surface area contributed by atoms with Crippen LogP contribution in [-0.2, 0) is 4.79 Å². The Morgan fingerprint density at radius 2 is 1.31 bits per heavy atom. The summed E-state index contributed by atoms with van der Waals surface area (Å²) >= 11 is 0. The Balaban J connectivity index is 0.000000189. The third-order valence-electron chi connectivity index (χ3n) is 5.22. The molecule has 1 heteroatoms. The van der Waals surface area contributed by atoms with Crippen LogP contribution in [0.5, 0.6) is 0 Å². The van der Waals surface area contributed by atoms with Crippen molar-refractivity contribution in [3.63, 3.8) is 0 Å². The van der Waals surface area contributed by atoms with E-state index in [0.29, 0.717) is 11.7 Å². The lowest BCUT2D eigenvalue weighted by Gasteiger charge is -2.20. The smallest absolute Gasteiger partial charge is 0.135 e. The summed E-state index contributed by atoms with van der Waals surface area (Å²) in [5.41, 5.74) is 2.55. The summed E-state index contributed by atoms with van der Waals surface area (Å²) < 4.78 is 0. The molecule has 0 aliphatic heterocycles. The van der Waals surface area contributed by atoms with Crippen LogP contribution in [0.3, 0.4) is 0 Å². The van der Waals surface area contributed by atoms with E-state index in [2.05, 4.69) is 55.5 Å². The molecular weight excluding hydrogens is 316 g/mol. The van der Waals surface area contributed by atoms with Gasteiger partial charge in [0.25, 0.3) is 0 Å². The Bertz CT molecular complexity index is 559. The molecule has 1 fully saturated rings. The normalized spacial score (nSPS) is 14.3. The van der Waals surface area contributed by atoms with Gasteiger partial charge in [-0.2, -0.15) is 0 Å². The van der Waals surface area contributed by atoms with Gasteiger partial charge in [0.2, 0.25) is 0 Å². The molecule has 26 heavy (non-hydrogen) atoms. The lowest BCUT2D eigenvalue weighted by atomic mass is 9.84. The first kappa shape index (κ1) is 20.4. The SMILES string of the molecule is CCCCCCC(=O)C1CCCCC1.c1ccc(-c2ccccc2)cc1. The molecule has 3 rings (SSSR count). The molecule has 140 valence electrons. The van der Waals surface area contributed by atoms with Crippen LogP contribution in [0.2, 0.25) is 0 Å². The van der Waals surface area contributed by atoms with Gasteiger partial charge in [-0.25, -0.2) is 0 Å². The average molecular weight is 351 g/mol. The molecule has 0 unspecified atom stereocenters. The zero-order valence-electron chi connectivity index (χ0n) is 16.3. The van der Waals surface area contributed by atoms with E-state index in [1.807, 2.05) is 12.1 Å². The van der Waals surface area contributed by atoms with Crippen LogP contribution in [0.25, 0.3) is 11.1 Å². The molecule has 1 aliphatic carbocycles. The fourth-order valence-electron chi connectivity index (χ4n) is 3.62. The van der Waals surface area contributed by atoms with Gasteiger partial charge in [0.1, 0.15) is 5.78 Å². The van der Waals surface area contributed by atoms with Gasteiger partial charge >= 0.3 is 0 Å². The number of hydrogen-bond acceptors (Lipinski definition) is 1. The van der Waals surface area contributed by atoms with Crippen LogP contribution >= 0.6 is 0 Å². The van der Waals surface area contributed by atoms with Crippen molar-refractivity contribution in [2.45, 2.75) is 71.1 Å². The van der Waals surface area contributed by atoms with Crippen molar-refractivity contribution in [1.29, 1.82) is 0 Å². The van der Waals surface area contributed by atoms with Crippen molar-refractivity contribution in [3.8, 4) is 11.1 Å². The van der Waals surface area contributed by atoms with E-state index in [-0.39, 0.29) is 0 Å². The Hall–Kier alpha value is -1.89. The highest BCUT2D eigenvalue weighted by Crippen LogP contribution is 2.25. The van der Waals surface area contributed by atoms with Gasteiger partial charge in [-0.1, -0.05) is 106 Å². The second kappa shape index (κ2) is 12.5. The Labute approximate surface area is 159 Å². The van der Waals surface area contributed by atoms with Crippen LogP contribution < -0.4 is 0 Å². The second-order valence-corrected chi connectivity index (χ2v) is 7.34. The summed E-state index contributed by atoms with van der Waals surface area (Å²) in [5.74, 6) is 0.992. The topological polar surface area (TPSA) is 17.1 Å². The molecule has 1 nitrogen and oxygen atoms in total. The molecule has 0 radical (unpaired) electrons. The number of carbonyl (C=O) groups is 1. The average Bonchev–Trinajstić information content (AvgIpc) is 2.73. The van der Waals surface area contributed by atoms with E-state index >= 15 is 0 Å². The van der Waals surface area contributed by atoms with Crippen LogP contribution in [0, 0.1) is 5.92 Å². The molecule has 2 aromatic rings. The van der Waals surface area contributed by atoms with E-state index in [1.165, 1.54) is 62.5 Å². The third kappa shape index (κ3) is 7.56. The van der Waals surface area contributed by atoms with Gasteiger partial charge < -0.3 is 0 Å². The largest absolute Gasteiger partial charge is 0.299 e. The minimum absolute atomic E-state index is 0.436. The molecule has 0 atom stereocenters. The molecule has 0 bridgehead atoms. The standard InChI is InChI=1S/C13H24O.C12H10/c1-2-3-4-8-11-13(14)12-9-6-5-7-10-12;1-3-7-11(8-4-1)12-9-5-2-6-10-12/h12H,2-11H2,1H3;1-10H. The van der Waals surface area contributed by atoms with Gasteiger partial charge in [0.05, 0.1) is 0 Å². The zero-order valence-corrected chi connectivity index (χ0v) is 16.3. The van der Waals surface area contributed by atoms with Crippen LogP contribution in [-0.4, -0.2) is 5.78 Å². The van der Waals surface area contributed by atoms with Crippen molar-refractivity contribution < 1.29 is 4.79 Å². The van der Waals surface area contributed by atoms with Gasteiger partial charge in [-0.15, -0.1) is 0 Å². The monoisotopic (exact) mass is 350 g/mol. The maximum Gasteiger partial charge on any atom is 0.135 e. The molecule has 0 heterocycles. The number of rotatable bonds is 7. The van der Waals surface area contributed by atoms with E-state index in [1.54, 1.807) is 0 Å². The maximum absolute atomic E-state index is 11.8. The van der Waals surface area contributed by atoms with Crippen molar-refractivity contribution in [2.24, 2.45) is 5.92 Å². The Morgan fingerprint density at radius 1 is 0.769 bits per heavy atom. The number of unbranched alkanes of at least 4 members (excludes halogenated alkanes) is 3. The van der Waals surface area contributed by atoms with Crippen LogP contribution in [0.1, 0.15) is 71.1 Å². The van der Waals surface area contributed by atoms with E-state index in [4.69, 9.17) is 0 Å². The molecular formula is C25H34O. The summed E-state index contributed by atoms with van der Waals surface area (Å²) in [6.45, 7) is 2.21. The first-order chi connectivity index (χ1) is 12.8. The Kier molecular flexibility index (Phi) is 9.79. The highest BCUT2D eigenvalue weighted by atomic mass is 16.1. The molecule has 1 aliphatic rings. The molecule has 0 spiro atoms. The first-order valence-electron chi connectivity index (χ1n) is 10.4. The minimum Gasteiger partial charge on any atom is -0.299 e. The lowest BCUT2D eigenvalue weighted by Crippen LogP contribution is -2.17. The predicted octanol–water partition coefficient (Wildman–Crippen LogP) is 7.46. The molecule has 0 saturated heterocycles. The minimum atomic E-state index is 0.436. The second-order valence-electron chi connectivity index (χ2n) is 7.34. The summed E-state index contributed by atoms with van der Waals surface area (Å²) in [6, 6.07) is 20.8. The highest BCUT2D eigenvalue weighted by Gasteiger charge is 2.19. The van der Waals surface area contributed by atoms with Crippen molar-refractivity contribution in [1.82, 2.24) is 0 Å². The van der Waals surface area contributed by atoms with Crippen LogP contribution in [0.15, 0.2) is 60.7 Å². The zero-order chi connectivity index (χ0) is 18.5. The van der Waals surface area contributed by atoms with Crippen molar-refractivity contribution >= 4 is 5.78 Å². The first-order valence-corrected chi connectivity index (χ1v) is 10.4. The molecule has 0 amide bonds. The van der Waals surface area contributed by atoms with E-state index in [9.17, 15) is 4.79 Å². The predicted molar refractivity (Wildman–Crippen MR) is 112 cm³/mol. The van der Waals surface area contributed by atoms with Crippen molar-refractivity contribution in [2.75, 3.05) is 0 Å². The maximum atomic E-state index is 11.8. The fourth-order valence-corrected chi connectivity index (χ4v) is 3.62. The summed E-state index contributed by atoms with van der Waals surface area (Å²) in [7, 11) is 0. The quantitative estimate of drug-likeness (QED) is 0.474. The molecule has 1 saturated carbocycles.